The average molecular weight is 299 g/mol. The molecular weight excluding hydrogens is 283 g/mol. The van der Waals surface area contributed by atoms with Gasteiger partial charge in [-0.05, 0) is 31.5 Å². The lowest BCUT2D eigenvalue weighted by atomic mass is 10.0. The van der Waals surface area contributed by atoms with E-state index in [0.29, 0.717) is 11.1 Å². The van der Waals surface area contributed by atoms with Crippen LogP contribution in [-0.2, 0) is 0 Å². The molecule has 1 amide bonds. The number of aliphatic hydroxyl groups excluding tert-OH is 1. The zero-order chi connectivity index (χ0) is 16.0. The van der Waals surface area contributed by atoms with E-state index in [2.05, 4.69) is 11.8 Å². The monoisotopic (exact) mass is 299 g/mol. The van der Waals surface area contributed by atoms with Gasteiger partial charge in [0.05, 0.1) is 0 Å². The van der Waals surface area contributed by atoms with Gasteiger partial charge in [0.25, 0.3) is 5.91 Å². The van der Waals surface area contributed by atoms with Gasteiger partial charge in [-0.1, -0.05) is 17.9 Å². The molecule has 1 rings (SSSR count). The quantitative estimate of drug-likeness (QED) is 0.871. The minimum absolute atomic E-state index is 0.0374. The summed E-state index contributed by atoms with van der Waals surface area (Å²) in [7, 11) is 0. The number of alkyl halides is 3. The Morgan fingerprint density at radius 3 is 2.57 bits per heavy atom. The SMILES string of the molecule is CCN(CC(F)(F)F)C(=O)c1cccc(C#CCO)c1C. The Balaban J connectivity index is 3.12. The van der Waals surface area contributed by atoms with Crippen molar-refractivity contribution in [2.45, 2.75) is 20.0 Å². The molecule has 0 atom stereocenters. The topological polar surface area (TPSA) is 40.5 Å². The fraction of sp³-hybridized carbons (Fsp3) is 0.400. The third-order valence-corrected chi connectivity index (χ3v) is 2.91. The Hall–Kier alpha value is -2.00. The van der Waals surface area contributed by atoms with E-state index in [1.165, 1.54) is 13.0 Å². The van der Waals surface area contributed by atoms with Crippen LogP contribution in [0.2, 0.25) is 0 Å². The minimum atomic E-state index is -4.44. The highest BCUT2D eigenvalue weighted by atomic mass is 19.4. The summed E-state index contributed by atoms with van der Waals surface area (Å²) >= 11 is 0. The van der Waals surface area contributed by atoms with Gasteiger partial charge in [-0.25, -0.2) is 0 Å². The Morgan fingerprint density at radius 1 is 1.38 bits per heavy atom. The molecule has 0 radical (unpaired) electrons. The second-order valence-corrected chi connectivity index (χ2v) is 4.37. The molecule has 114 valence electrons. The molecule has 0 fully saturated rings. The van der Waals surface area contributed by atoms with E-state index in [1.54, 1.807) is 19.1 Å². The average Bonchev–Trinajstić information content (AvgIpc) is 2.42. The van der Waals surface area contributed by atoms with Crippen molar-refractivity contribution in [2.24, 2.45) is 0 Å². The first-order valence-electron chi connectivity index (χ1n) is 6.35. The molecule has 21 heavy (non-hydrogen) atoms. The molecule has 3 nitrogen and oxygen atoms in total. The van der Waals surface area contributed by atoms with Crippen molar-refractivity contribution in [1.29, 1.82) is 0 Å². The van der Waals surface area contributed by atoms with E-state index in [9.17, 15) is 18.0 Å². The lowest BCUT2D eigenvalue weighted by Gasteiger charge is -2.23. The van der Waals surface area contributed by atoms with Crippen LogP contribution in [-0.4, -0.2) is 41.8 Å². The van der Waals surface area contributed by atoms with Crippen molar-refractivity contribution in [2.75, 3.05) is 19.7 Å². The predicted octanol–water partition coefficient (Wildman–Crippen LogP) is 2.36. The van der Waals surface area contributed by atoms with E-state index in [-0.39, 0.29) is 18.7 Å². The van der Waals surface area contributed by atoms with Gasteiger partial charge in [-0.2, -0.15) is 13.2 Å². The molecule has 0 unspecified atom stereocenters. The molecule has 0 spiro atoms. The lowest BCUT2D eigenvalue weighted by molar-refractivity contribution is -0.140. The summed E-state index contributed by atoms with van der Waals surface area (Å²) in [4.78, 5) is 13.0. The molecule has 0 saturated carbocycles. The summed E-state index contributed by atoms with van der Waals surface area (Å²) < 4.78 is 37.4. The normalized spacial score (nSPS) is 10.8. The Labute approximate surface area is 121 Å². The molecule has 0 aliphatic heterocycles. The predicted molar refractivity (Wildman–Crippen MR) is 72.8 cm³/mol. The summed E-state index contributed by atoms with van der Waals surface area (Å²) in [6.07, 6.45) is -4.44. The summed E-state index contributed by atoms with van der Waals surface area (Å²) in [5.74, 6) is 4.44. The molecule has 6 heteroatoms. The Morgan fingerprint density at radius 2 is 2.05 bits per heavy atom. The first-order chi connectivity index (χ1) is 9.80. The van der Waals surface area contributed by atoms with Gasteiger partial charge in [-0.3, -0.25) is 4.79 Å². The van der Waals surface area contributed by atoms with Crippen molar-refractivity contribution < 1.29 is 23.1 Å². The van der Waals surface area contributed by atoms with Gasteiger partial charge in [0.2, 0.25) is 0 Å². The van der Waals surface area contributed by atoms with Crippen LogP contribution >= 0.6 is 0 Å². The van der Waals surface area contributed by atoms with Crippen LogP contribution in [0.1, 0.15) is 28.4 Å². The fourth-order valence-electron chi connectivity index (χ4n) is 1.85. The van der Waals surface area contributed by atoms with Gasteiger partial charge in [0.15, 0.2) is 0 Å². The van der Waals surface area contributed by atoms with Crippen LogP contribution in [0.4, 0.5) is 13.2 Å². The summed E-state index contributed by atoms with van der Waals surface area (Å²) in [6, 6.07) is 4.68. The second-order valence-electron chi connectivity index (χ2n) is 4.37. The molecule has 0 aliphatic rings. The number of amides is 1. The molecule has 0 aromatic heterocycles. The third kappa shape index (κ3) is 4.80. The highest BCUT2D eigenvalue weighted by Crippen LogP contribution is 2.20. The summed E-state index contributed by atoms with van der Waals surface area (Å²) in [5.41, 5.74) is 1.20. The molecule has 1 N–H and O–H groups in total. The van der Waals surface area contributed by atoms with Gasteiger partial charge in [-0.15, -0.1) is 0 Å². The van der Waals surface area contributed by atoms with Gasteiger partial charge >= 0.3 is 6.18 Å². The molecule has 1 aromatic rings. The van der Waals surface area contributed by atoms with Crippen molar-refractivity contribution >= 4 is 5.91 Å². The van der Waals surface area contributed by atoms with E-state index in [1.807, 2.05) is 0 Å². The second kappa shape index (κ2) is 7.14. The Kier molecular flexibility index (Phi) is 5.79. The number of benzene rings is 1. The van der Waals surface area contributed by atoms with E-state index in [0.717, 1.165) is 4.90 Å². The van der Waals surface area contributed by atoms with Crippen LogP contribution in [0.5, 0.6) is 0 Å². The molecule has 0 heterocycles. The van der Waals surface area contributed by atoms with E-state index >= 15 is 0 Å². The van der Waals surface area contributed by atoms with E-state index < -0.39 is 18.6 Å². The maximum absolute atomic E-state index is 12.5. The standard InChI is InChI=1S/C15H16F3NO2/c1-3-19(10-15(16,17)18)14(21)13-8-4-6-12(11(13)2)7-5-9-20/h4,6,8,20H,3,9-10H2,1-2H3. The molecule has 0 bridgehead atoms. The highest BCUT2D eigenvalue weighted by molar-refractivity contribution is 5.96. The zero-order valence-electron chi connectivity index (χ0n) is 11.8. The number of hydrogen-bond donors (Lipinski definition) is 1. The number of aliphatic hydroxyl groups is 1. The number of carbonyl (C=O) groups excluding carboxylic acids is 1. The van der Waals surface area contributed by atoms with Crippen molar-refractivity contribution in [3.8, 4) is 11.8 Å². The van der Waals surface area contributed by atoms with Crippen molar-refractivity contribution in [3.05, 3.63) is 34.9 Å². The lowest BCUT2D eigenvalue weighted by Crippen LogP contribution is -2.39. The van der Waals surface area contributed by atoms with Crippen LogP contribution < -0.4 is 0 Å². The smallest absolute Gasteiger partial charge is 0.384 e. The number of carbonyl (C=O) groups is 1. The summed E-state index contributed by atoms with van der Waals surface area (Å²) in [6.45, 7) is 1.47. The first kappa shape index (κ1) is 17.1. The van der Waals surface area contributed by atoms with Crippen molar-refractivity contribution in [3.63, 3.8) is 0 Å². The highest BCUT2D eigenvalue weighted by Gasteiger charge is 2.33. The fourth-order valence-corrected chi connectivity index (χ4v) is 1.85. The number of rotatable bonds is 3. The van der Waals surface area contributed by atoms with Gasteiger partial charge < -0.3 is 10.0 Å². The van der Waals surface area contributed by atoms with Gasteiger partial charge in [0.1, 0.15) is 13.2 Å². The zero-order valence-corrected chi connectivity index (χ0v) is 11.8. The largest absolute Gasteiger partial charge is 0.406 e. The molecule has 0 saturated heterocycles. The van der Waals surface area contributed by atoms with Crippen molar-refractivity contribution in [1.82, 2.24) is 4.90 Å². The number of hydrogen-bond acceptors (Lipinski definition) is 2. The third-order valence-electron chi connectivity index (χ3n) is 2.91. The van der Waals surface area contributed by atoms with Crippen LogP contribution in [0.3, 0.4) is 0 Å². The molecule has 0 aliphatic carbocycles. The van der Waals surface area contributed by atoms with Crippen LogP contribution in [0.25, 0.3) is 0 Å². The van der Waals surface area contributed by atoms with Gasteiger partial charge in [0, 0.05) is 17.7 Å². The number of nitrogens with zero attached hydrogens (tertiary/aromatic N) is 1. The maximum Gasteiger partial charge on any atom is 0.406 e. The maximum atomic E-state index is 12.5. The first-order valence-corrected chi connectivity index (χ1v) is 6.35. The van der Waals surface area contributed by atoms with Crippen LogP contribution in [0.15, 0.2) is 18.2 Å². The van der Waals surface area contributed by atoms with E-state index in [4.69, 9.17) is 5.11 Å². The summed E-state index contributed by atoms with van der Waals surface area (Å²) in [5, 5.41) is 8.68. The number of halogens is 3. The van der Waals surface area contributed by atoms with Crippen LogP contribution in [0, 0.1) is 18.8 Å². The Bertz CT molecular complexity index is 571. The molecular formula is C15H16F3NO2. The minimum Gasteiger partial charge on any atom is -0.384 e. The molecule has 1 aromatic carbocycles.